The van der Waals surface area contributed by atoms with Crippen molar-refractivity contribution in [3.8, 4) is 22.4 Å². The van der Waals surface area contributed by atoms with Gasteiger partial charge in [-0.15, -0.1) is 23.6 Å². The third-order valence-electron chi connectivity index (χ3n) is 7.53. The van der Waals surface area contributed by atoms with Gasteiger partial charge in [-0.25, -0.2) is 4.98 Å². The summed E-state index contributed by atoms with van der Waals surface area (Å²) in [5.41, 5.74) is 14.7. The summed E-state index contributed by atoms with van der Waals surface area (Å²) in [7, 11) is 0. The molecule has 0 spiro atoms. The summed E-state index contributed by atoms with van der Waals surface area (Å²) in [6.07, 6.45) is 6.36. The quantitative estimate of drug-likeness (QED) is 0.269. The predicted octanol–water partition coefficient (Wildman–Crippen LogP) is 6.26. The Morgan fingerprint density at radius 2 is 1.81 bits per heavy atom. The van der Waals surface area contributed by atoms with Crippen LogP contribution in [0, 0.1) is 13.0 Å². The van der Waals surface area contributed by atoms with Gasteiger partial charge in [-0.2, -0.15) is 0 Å². The fraction of sp³-hybridized carbons (Fsp3) is 0.267. The van der Waals surface area contributed by atoms with Gasteiger partial charge >= 0.3 is 0 Å². The fourth-order valence-electron chi connectivity index (χ4n) is 5.51. The van der Waals surface area contributed by atoms with Gasteiger partial charge in [-0.1, -0.05) is 48.9 Å². The first-order valence-corrected chi connectivity index (χ1v) is 12.5. The van der Waals surface area contributed by atoms with Crippen LogP contribution in [0.3, 0.4) is 0 Å². The number of fused-ring (bicyclic) bond motifs is 2. The van der Waals surface area contributed by atoms with Crippen LogP contribution in [0.2, 0.25) is 0 Å². The number of rotatable bonds is 4. The number of benzene rings is 2. The fourth-order valence-corrected chi connectivity index (χ4v) is 5.51. The van der Waals surface area contributed by atoms with Gasteiger partial charge in [0.1, 0.15) is 5.65 Å². The molecule has 1 radical (unpaired) electrons. The number of nitrogens with two attached hydrogens (primary N) is 1. The summed E-state index contributed by atoms with van der Waals surface area (Å²) >= 11 is 0. The Balaban J connectivity index is 0.00000267. The molecule has 179 valence electrons. The van der Waals surface area contributed by atoms with Crippen LogP contribution < -0.4 is 5.73 Å². The molecule has 3 aromatic heterocycles. The minimum absolute atomic E-state index is 0. The minimum atomic E-state index is 0. The maximum atomic E-state index is 6.56. The van der Waals surface area contributed by atoms with Crippen LogP contribution in [0.25, 0.3) is 44.3 Å². The van der Waals surface area contributed by atoms with E-state index in [1.54, 1.807) is 0 Å². The van der Waals surface area contributed by atoms with Gasteiger partial charge in [0.15, 0.2) is 0 Å². The van der Waals surface area contributed by atoms with Crippen molar-refractivity contribution in [2.75, 3.05) is 25.4 Å². The smallest absolute Gasteiger partial charge is 0.142 e. The van der Waals surface area contributed by atoms with Crippen LogP contribution >= 0.6 is 0 Å². The monoisotopic (exact) mass is 549 g/mol. The van der Waals surface area contributed by atoms with Crippen LogP contribution in [-0.2, 0) is 32.7 Å². The summed E-state index contributed by atoms with van der Waals surface area (Å²) in [4.78, 5) is 12.4. The molecule has 0 atom stereocenters. The van der Waals surface area contributed by atoms with E-state index >= 15 is 0 Å². The number of anilines is 1. The summed E-state index contributed by atoms with van der Waals surface area (Å²) in [6, 6.07) is 22.4. The van der Waals surface area contributed by atoms with Crippen molar-refractivity contribution in [1.82, 2.24) is 19.4 Å². The van der Waals surface area contributed by atoms with Gasteiger partial charge < -0.3 is 20.2 Å². The molecular weight excluding hydrogens is 519 g/mol. The molecule has 0 bridgehead atoms. The molecule has 0 unspecified atom stereocenters. The molecule has 1 saturated heterocycles. The van der Waals surface area contributed by atoms with Crippen molar-refractivity contribution in [2.24, 2.45) is 0 Å². The number of nitrogen functional groups attached to an aromatic ring is 1. The van der Waals surface area contributed by atoms with Crippen molar-refractivity contribution in [3.63, 3.8) is 0 Å². The SMILES string of the molecule is CCN1CCC(n2cc(-c3ccc4[c-]cc(-c5ccccc5)nc4c3C)c3c(N)ccnc32)CC1.[Y]. The average Bonchev–Trinajstić information content (AvgIpc) is 3.30. The Bertz CT molecular complexity index is 1520. The van der Waals surface area contributed by atoms with Crippen LogP contribution in [0.5, 0.6) is 0 Å². The van der Waals surface area contributed by atoms with E-state index in [-0.39, 0.29) is 32.7 Å². The summed E-state index contributed by atoms with van der Waals surface area (Å²) < 4.78 is 2.37. The Hall–Kier alpha value is -2.60. The molecule has 1 fully saturated rings. The number of aromatic nitrogens is 3. The third kappa shape index (κ3) is 4.38. The zero-order chi connectivity index (χ0) is 23.9. The van der Waals surface area contributed by atoms with Gasteiger partial charge in [-0.05, 0) is 54.7 Å². The van der Waals surface area contributed by atoms with Gasteiger partial charge in [0.2, 0.25) is 0 Å². The van der Waals surface area contributed by atoms with E-state index in [0.29, 0.717) is 6.04 Å². The Morgan fingerprint density at radius 3 is 2.56 bits per heavy atom. The molecule has 0 amide bonds. The van der Waals surface area contributed by atoms with E-state index in [1.165, 1.54) is 0 Å². The summed E-state index contributed by atoms with van der Waals surface area (Å²) in [5, 5.41) is 2.06. The number of aryl methyl sites for hydroxylation is 1. The Labute approximate surface area is 237 Å². The van der Waals surface area contributed by atoms with E-state index in [9.17, 15) is 0 Å². The maximum Gasteiger partial charge on any atom is 0.142 e. The first-order valence-electron chi connectivity index (χ1n) is 12.5. The Morgan fingerprint density at radius 1 is 1.03 bits per heavy atom. The standard InChI is InChI=1S/C30H30N5.Y/c1-3-34-17-14-23(15-18-34)35-19-25(28-26(31)13-16-32-30(28)35)24-11-9-22-10-12-27(33-29(22)20(24)2)21-7-5-4-6-8-21;/h4-9,11-13,16,19,23H,3,14-15,17-18H2,1-2H3,(H2,31,32);/q-1;. The second-order valence-electron chi connectivity index (χ2n) is 9.50. The molecule has 4 heterocycles. The largest absolute Gasteiger partial charge is 0.398 e. The zero-order valence-electron chi connectivity index (χ0n) is 20.9. The van der Waals surface area contributed by atoms with E-state index in [0.717, 1.165) is 88.0 Å². The van der Waals surface area contributed by atoms with Crippen LogP contribution in [0.15, 0.2) is 67.0 Å². The zero-order valence-corrected chi connectivity index (χ0v) is 23.7. The number of likely N-dealkylation sites (tertiary alicyclic amines) is 1. The van der Waals surface area contributed by atoms with Gasteiger partial charge in [0.25, 0.3) is 0 Å². The van der Waals surface area contributed by atoms with E-state index < -0.39 is 0 Å². The minimum Gasteiger partial charge on any atom is -0.398 e. The first-order chi connectivity index (χ1) is 17.1. The molecule has 2 aromatic carbocycles. The second kappa shape index (κ2) is 10.4. The molecule has 0 aliphatic carbocycles. The normalized spacial score (nSPS) is 14.8. The maximum absolute atomic E-state index is 6.56. The van der Waals surface area contributed by atoms with Crippen molar-refractivity contribution in [1.29, 1.82) is 0 Å². The average molecular weight is 550 g/mol. The summed E-state index contributed by atoms with van der Waals surface area (Å²) in [6.45, 7) is 7.75. The molecule has 1 aliphatic rings. The number of nitrogens with zero attached hydrogens (tertiary/aromatic N) is 4. The molecule has 2 N–H and O–H groups in total. The van der Waals surface area contributed by atoms with E-state index in [1.807, 2.05) is 36.5 Å². The third-order valence-corrected chi connectivity index (χ3v) is 7.53. The van der Waals surface area contributed by atoms with Crippen molar-refractivity contribution >= 4 is 27.6 Å². The van der Waals surface area contributed by atoms with Crippen LogP contribution in [0.1, 0.15) is 31.4 Å². The number of piperidine rings is 1. The molecule has 5 nitrogen and oxygen atoms in total. The Kier molecular flexibility index (Phi) is 7.25. The molecular formula is C30H30N5Y-. The van der Waals surface area contributed by atoms with Gasteiger partial charge in [-0.3, -0.25) is 0 Å². The first kappa shape index (κ1) is 25.1. The molecule has 1 aliphatic heterocycles. The molecule has 6 rings (SSSR count). The predicted molar refractivity (Wildman–Crippen MR) is 144 cm³/mol. The van der Waals surface area contributed by atoms with E-state index in [2.05, 4.69) is 59.8 Å². The summed E-state index contributed by atoms with van der Waals surface area (Å²) in [5.74, 6) is 0. The molecule has 0 saturated carbocycles. The topological polar surface area (TPSA) is 60.0 Å². The van der Waals surface area contributed by atoms with Crippen molar-refractivity contribution in [2.45, 2.75) is 32.7 Å². The molecule has 5 aromatic rings. The number of pyridine rings is 2. The van der Waals surface area contributed by atoms with Crippen LogP contribution in [-0.4, -0.2) is 39.1 Å². The van der Waals surface area contributed by atoms with Crippen molar-refractivity contribution < 1.29 is 32.7 Å². The van der Waals surface area contributed by atoms with Gasteiger partial charge in [0, 0.05) is 80.9 Å². The van der Waals surface area contributed by atoms with Gasteiger partial charge in [0.05, 0.1) is 0 Å². The van der Waals surface area contributed by atoms with Crippen LogP contribution in [0.4, 0.5) is 5.69 Å². The number of hydrogen-bond donors (Lipinski definition) is 1. The van der Waals surface area contributed by atoms with Crippen molar-refractivity contribution in [3.05, 3.63) is 78.6 Å². The number of hydrogen-bond acceptors (Lipinski definition) is 4. The molecule has 36 heavy (non-hydrogen) atoms. The van der Waals surface area contributed by atoms with E-state index in [4.69, 9.17) is 15.7 Å². The molecule has 6 heteroatoms. The second-order valence-corrected chi connectivity index (χ2v) is 9.50.